The molecular weight excluding hydrogens is 570 g/mol. The molecule has 0 unspecified atom stereocenters. The monoisotopic (exact) mass is 603 g/mol. The van der Waals surface area contributed by atoms with Gasteiger partial charge in [0.25, 0.3) is 5.91 Å². The molecule has 0 aliphatic heterocycles. The summed E-state index contributed by atoms with van der Waals surface area (Å²) in [7, 11) is -2.45. The first kappa shape index (κ1) is 31.3. The molecule has 0 aliphatic carbocycles. The van der Waals surface area contributed by atoms with Crippen LogP contribution in [0, 0.1) is 24.2 Å². The van der Waals surface area contributed by atoms with Gasteiger partial charge in [-0.25, -0.2) is 8.42 Å². The minimum atomic E-state index is -4.03. The molecule has 0 saturated heterocycles. The van der Waals surface area contributed by atoms with Gasteiger partial charge in [0.05, 0.1) is 18.1 Å². The minimum Gasteiger partial charge on any atom is -0.496 e. The van der Waals surface area contributed by atoms with Crippen molar-refractivity contribution in [1.82, 2.24) is 4.72 Å². The van der Waals surface area contributed by atoms with Gasteiger partial charge >= 0.3 is 5.97 Å². The molecule has 3 N–H and O–H groups in total. The number of aryl methyl sites for hydroxylation is 2. The van der Waals surface area contributed by atoms with Crippen LogP contribution >= 0.6 is 0 Å². The third-order valence-corrected chi connectivity index (χ3v) is 8.61. The fraction of sp³-hybridized carbons (Fsp3) is 0.281. The zero-order valence-electron chi connectivity index (χ0n) is 24.3. The van der Waals surface area contributed by atoms with Crippen molar-refractivity contribution in [2.75, 3.05) is 12.4 Å². The number of unbranched alkanes of at least 4 members (excludes halogenated alkanes) is 1. The molecule has 0 aliphatic rings. The van der Waals surface area contributed by atoms with E-state index in [1.807, 2.05) is 6.92 Å². The SMILES string of the molecule is COc1ccc2oc(C(=O)Nc3ccc(-c4ccc(S(=O)(=O)N[C@H](C(=O)O)C(C)C)cc4)cc3)c(C)c2c1CCCC#N. The molecular formula is C32H33N3O7S. The number of anilines is 1. The molecule has 0 bridgehead atoms. The molecule has 1 aromatic heterocycles. The van der Waals surface area contributed by atoms with Crippen LogP contribution in [-0.4, -0.2) is 38.6 Å². The number of nitriles is 1. The van der Waals surface area contributed by atoms with Crippen LogP contribution in [0.3, 0.4) is 0 Å². The molecule has 43 heavy (non-hydrogen) atoms. The predicted octanol–water partition coefficient (Wildman–Crippen LogP) is 5.90. The number of benzene rings is 3. The number of aliphatic carboxylic acids is 1. The molecule has 11 heteroatoms. The lowest BCUT2D eigenvalue weighted by Gasteiger charge is -2.18. The molecule has 3 aromatic carbocycles. The van der Waals surface area contributed by atoms with Gasteiger partial charge in [0.2, 0.25) is 10.0 Å². The number of carboxylic acids is 1. The lowest BCUT2D eigenvalue weighted by Crippen LogP contribution is -2.44. The molecule has 4 aromatic rings. The van der Waals surface area contributed by atoms with E-state index in [-0.39, 0.29) is 10.7 Å². The van der Waals surface area contributed by atoms with Crippen molar-refractivity contribution in [1.29, 1.82) is 5.26 Å². The quantitative estimate of drug-likeness (QED) is 0.169. The van der Waals surface area contributed by atoms with Crippen LogP contribution in [0.25, 0.3) is 22.1 Å². The Morgan fingerprint density at radius 2 is 1.65 bits per heavy atom. The lowest BCUT2D eigenvalue weighted by atomic mass is 9.99. The van der Waals surface area contributed by atoms with Crippen molar-refractivity contribution in [3.63, 3.8) is 0 Å². The molecule has 1 heterocycles. The van der Waals surface area contributed by atoms with E-state index in [4.69, 9.17) is 14.4 Å². The summed E-state index contributed by atoms with van der Waals surface area (Å²) in [5.41, 5.74) is 4.21. The molecule has 1 amide bonds. The average molecular weight is 604 g/mol. The highest BCUT2D eigenvalue weighted by atomic mass is 32.2. The second-order valence-electron chi connectivity index (χ2n) is 10.4. The number of nitrogens with zero attached hydrogens (tertiary/aromatic N) is 1. The van der Waals surface area contributed by atoms with Gasteiger partial charge in [0, 0.05) is 28.6 Å². The Morgan fingerprint density at radius 3 is 2.21 bits per heavy atom. The Morgan fingerprint density at radius 1 is 1.02 bits per heavy atom. The number of hydrogen-bond donors (Lipinski definition) is 3. The predicted molar refractivity (Wildman–Crippen MR) is 162 cm³/mol. The maximum absolute atomic E-state index is 13.2. The van der Waals surface area contributed by atoms with E-state index in [1.165, 1.54) is 12.1 Å². The summed E-state index contributed by atoms with van der Waals surface area (Å²) >= 11 is 0. The Kier molecular flexibility index (Phi) is 9.53. The van der Waals surface area contributed by atoms with E-state index in [9.17, 15) is 23.1 Å². The average Bonchev–Trinajstić information content (AvgIpc) is 3.33. The molecule has 4 rings (SSSR count). The molecule has 1 atom stereocenters. The van der Waals surface area contributed by atoms with Gasteiger partial charge in [-0.05, 0) is 73.2 Å². The fourth-order valence-electron chi connectivity index (χ4n) is 4.87. The molecule has 10 nitrogen and oxygen atoms in total. The zero-order chi connectivity index (χ0) is 31.3. The molecule has 0 saturated carbocycles. The Labute approximate surface area is 250 Å². The van der Waals surface area contributed by atoms with Gasteiger partial charge in [-0.1, -0.05) is 38.1 Å². The number of methoxy groups -OCH3 is 1. The number of amides is 1. The number of carboxylic acid groups (broad SMARTS) is 1. The van der Waals surface area contributed by atoms with Crippen molar-refractivity contribution in [2.24, 2.45) is 5.92 Å². The van der Waals surface area contributed by atoms with Gasteiger partial charge in [-0.15, -0.1) is 0 Å². The maximum Gasteiger partial charge on any atom is 0.322 e. The highest BCUT2D eigenvalue weighted by molar-refractivity contribution is 7.89. The second kappa shape index (κ2) is 13.1. The lowest BCUT2D eigenvalue weighted by molar-refractivity contribution is -0.140. The van der Waals surface area contributed by atoms with E-state index in [0.29, 0.717) is 41.8 Å². The van der Waals surface area contributed by atoms with Gasteiger partial charge < -0.3 is 19.6 Å². The number of furan rings is 1. The fourth-order valence-corrected chi connectivity index (χ4v) is 6.21. The number of carbonyl (C=O) groups excluding carboxylic acids is 1. The molecule has 0 spiro atoms. The van der Waals surface area contributed by atoms with Crippen LogP contribution in [0.2, 0.25) is 0 Å². The first-order chi connectivity index (χ1) is 20.5. The number of rotatable bonds is 12. The van der Waals surface area contributed by atoms with E-state index >= 15 is 0 Å². The van der Waals surface area contributed by atoms with Gasteiger partial charge in [-0.2, -0.15) is 9.98 Å². The summed E-state index contributed by atoms with van der Waals surface area (Å²) in [4.78, 5) is 24.6. The maximum atomic E-state index is 13.2. The van der Waals surface area contributed by atoms with Crippen LogP contribution < -0.4 is 14.8 Å². The third-order valence-electron chi connectivity index (χ3n) is 7.16. The Balaban J connectivity index is 1.50. The van der Waals surface area contributed by atoms with Crippen molar-refractivity contribution in [3.8, 4) is 22.9 Å². The van der Waals surface area contributed by atoms with Crippen LogP contribution in [0.15, 0.2) is 70.0 Å². The van der Waals surface area contributed by atoms with Crippen molar-refractivity contribution >= 4 is 38.6 Å². The van der Waals surface area contributed by atoms with Crippen LogP contribution in [0.5, 0.6) is 5.75 Å². The number of hydrogen-bond acceptors (Lipinski definition) is 7. The van der Waals surface area contributed by atoms with Crippen molar-refractivity contribution in [2.45, 2.75) is 51.0 Å². The normalized spacial score (nSPS) is 12.2. The van der Waals surface area contributed by atoms with Gasteiger partial charge in [0.15, 0.2) is 5.76 Å². The van der Waals surface area contributed by atoms with Crippen LogP contribution in [0.1, 0.15) is 48.4 Å². The highest BCUT2D eigenvalue weighted by Crippen LogP contribution is 2.35. The van der Waals surface area contributed by atoms with Crippen LogP contribution in [0.4, 0.5) is 5.69 Å². The summed E-state index contributed by atoms with van der Waals surface area (Å²) in [5.74, 6) is -1.22. The van der Waals surface area contributed by atoms with Crippen molar-refractivity contribution < 1.29 is 32.3 Å². The molecule has 0 fully saturated rings. The summed E-state index contributed by atoms with van der Waals surface area (Å²) in [6.45, 7) is 5.07. The molecule has 224 valence electrons. The van der Waals surface area contributed by atoms with Gasteiger partial charge in [0.1, 0.15) is 17.4 Å². The summed E-state index contributed by atoms with van der Waals surface area (Å²) in [6, 6.07) is 17.6. The number of carbonyl (C=O) groups is 2. The number of ether oxygens (including phenoxy) is 1. The largest absolute Gasteiger partial charge is 0.496 e. The second-order valence-corrected chi connectivity index (χ2v) is 12.1. The first-order valence-corrected chi connectivity index (χ1v) is 15.2. The van der Waals surface area contributed by atoms with Crippen LogP contribution in [-0.2, 0) is 21.2 Å². The zero-order valence-corrected chi connectivity index (χ0v) is 25.1. The third kappa shape index (κ3) is 6.88. The number of nitrogens with one attached hydrogen (secondary N) is 2. The summed E-state index contributed by atoms with van der Waals surface area (Å²) in [5, 5.41) is 21.9. The van der Waals surface area contributed by atoms with E-state index in [1.54, 1.807) is 69.5 Å². The standard InChI is InChI=1S/C32H33N3O7S/c1-19(2)29(32(37)38)35-43(39,40)24-14-10-22(11-15-24)21-8-12-23(13-9-21)34-31(36)30-20(3)28-25(7-5-6-18-33)26(41-4)16-17-27(28)42-30/h8-17,19,29,35H,5-7H2,1-4H3,(H,34,36)(H,37,38)/t29-/m0/s1. The molecule has 0 radical (unpaired) electrons. The van der Waals surface area contributed by atoms with E-state index in [2.05, 4.69) is 16.1 Å². The topological polar surface area (TPSA) is 159 Å². The smallest absolute Gasteiger partial charge is 0.322 e. The number of sulfonamides is 1. The first-order valence-electron chi connectivity index (χ1n) is 13.7. The van der Waals surface area contributed by atoms with E-state index < -0.39 is 33.9 Å². The Hall–Kier alpha value is -4.66. The van der Waals surface area contributed by atoms with E-state index in [0.717, 1.165) is 22.1 Å². The summed E-state index contributed by atoms with van der Waals surface area (Å²) in [6.07, 6.45) is 1.68. The Bertz CT molecular complexity index is 1790. The summed E-state index contributed by atoms with van der Waals surface area (Å²) < 4.78 is 39.1. The van der Waals surface area contributed by atoms with Gasteiger partial charge in [-0.3, -0.25) is 9.59 Å². The van der Waals surface area contributed by atoms with Crippen molar-refractivity contribution in [3.05, 3.63) is 77.6 Å². The highest BCUT2D eigenvalue weighted by Gasteiger charge is 2.28. The minimum absolute atomic E-state index is 0.0425. The number of fused-ring (bicyclic) bond motifs is 1.